The second-order valence-corrected chi connectivity index (χ2v) is 16.7. The van der Waals surface area contributed by atoms with Gasteiger partial charge in [-0.3, -0.25) is 0 Å². The molecule has 1 aliphatic carbocycles. The first-order valence-corrected chi connectivity index (χ1v) is 21.0. The Labute approximate surface area is 354 Å². The van der Waals surface area contributed by atoms with Crippen LogP contribution in [0.25, 0.3) is 111 Å². The summed E-state index contributed by atoms with van der Waals surface area (Å²) >= 11 is 0. The minimum Gasteiger partial charge on any atom is -0.208 e. The number of aromatic nitrogens is 3. The van der Waals surface area contributed by atoms with Crippen molar-refractivity contribution in [3.05, 3.63) is 211 Å². The van der Waals surface area contributed by atoms with Crippen LogP contribution in [-0.4, -0.2) is 15.0 Å². The van der Waals surface area contributed by atoms with Gasteiger partial charge in [0.25, 0.3) is 0 Å². The van der Waals surface area contributed by atoms with Crippen molar-refractivity contribution in [2.24, 2.45) is 0 Å². The maximum atomic E-state index is 5.13. The molecular weight excluding hydrogens is 739 g/mol. The van der Waals surface area contributed by atoms with Crippen LogP contribution in [0.2, 0.25) is 0 Å². The summed E-state index contributed by atoms with van der Waals surface area (Å²) in [5, 5.41) is 9.70. The van der Waals surface area contributed by atoms with Crippen LogP contribution < -0.4 is 0 Å². The number of hydrogen-bond acceptors (Lipinski definition) is 3. The van der Waals surface area contributed by atoms with E-state index in [4.69, 9.17) is 15.0 Å². The van der Waals surface area contributed by atoms with Crippen molar-refractivity contribution >= 4 is 43.1 Å². The zero-order chi connectivity index (χ0) is 40.7. The average Bonchev–Trinajstić information content (AvgIpc) is 3.57. The highest BCUT2D eigenvalue weighted by atomic mass is 15.0. The molecule has 0 aliphatic heterocycles. The molecule has 286 valence electrons. The van der Waals surface area contributed by atoms with Crippen LogP contribution in [0, 0.1) is 0 Å². The molecule has 0 radical (unpaired) electrons. The molecule has 0 bridgehead atoms. The minimum absolute atomic E-state index is 0.0770. The van der Waals surface area contributed by atoms with Gasteiger partial charge in [0.2, 0.25) is 0 Å². The summed E-state index contributed by atoms with van der Waals surface area (Å²) in [6, 6.07) is 72.1. The SMILES string of the molecule is CC1(C)c2ccccc2-c2c(-c3cc4c5ccccc5c(-c5ccc(-c6nc(-c7ccccc7)nc(-c7ccccc7)n6)c6ccccc56)cc4c4ccccc34)cccc21. The van der Waals surface area contributed by atoms with Gasteiger partial charge in [0.1, 0.15) is 0 Å². The Hall–Kier alpha value is -7.75. The summed E-state index contributed by atoms with van der Waals surface area (Å²) in [7, 11) is 0. The molecule has 10 aromatic carbocycles. The number of rotatable bonds is 5. The monoisotopic (exact) mass is 777 g/mol. The van der Waals surface area contributed by atoms with E-state index in [1.807, 2.05) is 36.4 Å². The Bertz CT molecular complexity index is 3490. The van der Waals surface area contributed by atoms with Crippen LogP contribution in [-0.2, 0) is 5.41 Å². The van der Waals surface area contributed by atoms with Gasteiger partial charge < -0.3 is 0 Å². The maximum Gasteiger partial charge on any atom is 0.164 e. The Morgan fingerprint density at radius 3 is 1.28 bits per heavy atom. The number of nitrogens with zero attached hydrogens (tertiary/aromatic N) is 3. The molecule has 12 rings (SSSR count). The third kappa shape index (κ3) is 5.47. The van der Waals surface area contributed by atoms with E-state index in [-0.39, 0.29) is 5.41 Å². The van der Waals surface area contributed by atoms with Crippen molar-refractivity contribution in [2.75, 3.05) is 0 Å². The van der Waals surface area contributed by atoms with Crippen LogP contribution in [0.4, 0.5) is 0 Å². The van der Waals surface area contributed by atoms with Crippen molar-refractivity contribution in [1.82, 2.24) is 15.0 Å². The molecule has 1 aromatic heterocycles. The molecule has 0 fully saturated rings. The Balaban J connectivity index is 1.09. The first-order valence-electron chi connectivity index (χ1n) is 21.0. The van der Waals surface area contributed by atoms with E-state index in [0.29, 0.717) is 17.5 Å². The Kier molecular flexibility index (Phi) is 7.88. The summed E-state index contributed by atoms with van der Waals surface area (Å²) in [5.41, 5.74) is 13.2. The van der Waals surface area contributed by atoms with Gasteiger partial charge in [-0.25, -0.2) is 15.0 Å². The van der Waals surface area contributed by atoms with Gasteiger partial charge in [-0.05, 0) is 106 Å². The second kappa shape index (κ2) is 13.7. The first-order chi connectivity index (χ1) is 30.0. The lowest BCUT2D eigenvalue weighted by atomic mass is 9.81. The van der Waals surface area contributed by atoms with Gasteiger partial charge >= 0.3 is 0 Å². The molecule has 61 heavy (non-hydrogen) atoms. The van der Waals surface area contributed by atoms with Gasteiger partial charge in [-0.15, -0.1) is 0 Å². The molecule has 3 nitrogen and oxygen atoms in total. The van der Waals surface area contributed by atoms with Crippen LogP contribution in [0.15, 0.2) is 200 Å². The summed E-state index contributed by atoms with van der Waals surface area (Å²) in [6.07, 6.45) is 0. The van der Waals surface area contributed by atoms with Gasteiger partial charge in [0.05, 0.1) is 0 Å². The molecule has 0 atom stereocenters. The molecule has 0 N–H and O–H groups in total. The topological polar surface area (TPSA) is 38.7 Å². The van der Waals surface area contributed by atoms with Crippen LogP contribution in [0.1, 0.15) is 25.0 Å². The van der Waals surface area contributed by atoms with Gasteiger partial charge in [0.15, 0.2) is 17.5 Å². The number of benzene rings is 10. The molecule has 0 saturated carbocycles. The van der Waals surface area contributed by atoms with E-state index >= 15 is 0 Å². The van der Waals surface area contributed by atoms with Gasteiger partial charge in [0, 0.05) is 22.1 Å². The predicted octanol–water partition coefficient (Wildman–Crippen LogP) is 15.1. The van der Waals surface area contributed by atoms with E-state index in [1.165, 1.54) is 76.8 Å². The highest BCUT2D eigenvalue weighted by Gasteiger charge is 2.36. The Morgan fingerprint density at radius 1 is 0.279 bits per heavy atom. The van der Waals surface area contributed by atoms with E-state index in [9.17, 15) is 0 Å². The summed E-state index contributed by atoms with van der Waals surface area (Å²) in [6.45, 7) is 4.72. The number of fused-ring (bicyclic) bond motifs is 9. The Morgan fingerprint density at radius 2 is 0.689 bits per heavy atom. The zero-order valence-corrected chi connectivity index (χ0v) is 33.9. The second-order valence-electron chi connectivity index (χ2n) is 16.7. The molecule has 3 heteroatoms. The smallest absolute Gasteiger partial charge is 0.164 e. The molecule has 1 aliphatic rings. The van der Waals surface area contributed by atoms with Crippen molar-refractivity contribution in [1.29, 1.82) is 0 Å². The lowest BCUT2D eigenvalue weighted by Gasteiger charge is -2.22. The number of hydrogen-bond donors (Lipinski definition) is 0. The third-order valence-electron chi connectivity index (χ3n) is 12.9. The fraction of sp³-hybridized carbons (Fsp3) is 0.0517. The van der Waals surface area contributed by atoms with Crippen LogP contribution >= 0.6 is 0 Å². The molecule has 1 heterocycles. The lowest BCUT2D eigenvalue weighted by Crippen LogP contribution is -2.14. The largest absolute Gasteiger partial charge is 0.208 e. The van der Waals surface area contributed by atoms with E-state index < -0.39 is 0 Å². The summed E-state index contributed by atoms with van der Waals surface area (Å²) < 4.78 is 0. The molecular formula is C58H39N3. The summed E-state index contributed by atoms with van der Waals surface area (Å²) in [5.74, 6) is 1.95. The fourth-order valence-corrected chi connectivity index (χ4v) is 10.0. The average molecular weight is 778 g/mol. The van der Waals surface area contributed by atoms with E-state index in [1.54, 1.807) is 0 Å². The van der Waals surface area contributed by atoms with Crippen LogP contribution in [0.5, 0.6) is 0 Å². The quantitative estimate of drug-likeness (QED) is 0.163. The molecule has 0 unspecified atom stereocenters. The fourth-order valence-electron chi connectivity index (χ4n) is 10.0. The van der Waals surface area contributed by atoms with Crippen LogP contribution in [0.3, 0.4) is 0 Å². The zero-order valence-electron chi connectivity index (χ0n) is 33.9. The van der Waals surface area contributed by atoms with Crippen molar-refractivity contribution in [2.45, 2.75) is 19.3 Å². The molecule has 0 spiro atoms. The molecule has 0 amide bonds. The van der Waals surface area contributed by atoms with Crippen molar-refractivity contribution < 1.29 is 0 Å². The van der Waals surface area contributed by atoms with Gasteiger partial charge in [-0.1, -0.05) is 196 Å². The van der Waals surface area contributed by atoms with Crippen molar-refractivity contribution in [3.8, 4) is 67.5 Å². The first kappa shape index (κ1) is 35.2. The third-order valence-corrected chi connectivity index (χ3v) is 12.9. The van der Waals surface area contributed by atoms with E-state index in [0.717, 1.165) is 27.5 Å². The maximum absolute atomic E-state index is 5.13. The lowest BCUT2D eigenvalue weighted by molar-refractivity contribution is 0.660. The normalized spacial score (nSPS) is 12.9. The molecule has 11 aromatic rings. The highest BCUT2D eigenvalue weighted by Crippen LogP contribution is 2.53. The summed E-state index contributed by atoms with van der Waals surface area (Å²) in [4.78, 5) is 15.2. The van der Waals surface area contributed by atoms with Gasteiger partial charge in [-0.2, -0.15) is 0 Å². The van der Waals surface area contributed by atoms with E-state index in [2.05, 4.69) is 178 Å². The molecule has 0 saturated heterocycles. The standard InChI is InChI=1S/C58H39N3/c1-58(2)52-30-16-15-28-47(52)54-45(29-17-31-53(54)58)49-35-51-42-26-13-11-24-40(42)48(34-50(51)43-27-14-12-25-41(43)49)44-32-33-46(39-23-10-9-22-38(39)44)57-60-55(36-18-5-3-6-19-36)59-56(61-57)37-20-7-4-8-21-37/h3-35H,1-2H3. The van der Waals surface area contributed by atoms with Crippen molar-refractivity contribution in [3.63, 3.8) is 0 Å². The minimum atomic E-state index is -0.0770. The predicted molar refractivity (Wildman–Crippen MR) is 255 cm³/mol. The highest BCUT2D eigenvalue weighted by molar-refractivity contribution is 6.25.